The van der Waals surface area contributed by atoms with Crippen LogP contribution >= 0.6 is 11.6 Å². The minimum absolute atomic E-state index is 0.0850. The van der Waals surface area contributed by atoms with Gasteiger partial charge in [0.2, 0.25) is 0 Å². The number of hydrogen-bond donors (Lipinski definition) is 1. The van der Waals surface area contributed by atoms with Crippen molar-refractivity contribution in [1.29, 1.82) is 0 Å². The normalized spacial score (nSPS) is 16.1. The lowest BCUT2D eigenvalue weighted by atomic mass is 9.74. The highest BCUT2D eigenvalue weighted by atomic mass is 35.5. The van der Waals surface area contributed by atoms with Gasteiger partial charge in [0, 0.05) is 23.4 Å². The number of pyridine rings is 1. The summed E-state index contributed by atoms with van der Waals surface area (Å²) in [5, 5.41) is 3.68. The highest BCUT2D eigenvalue weighted by Crippen LogP contribution is 2.37. The number of halogens is 4. The Morgan fingerprint density at radius 1 is 1.03 bits per heavy atom. The molecule has 0 saturated carbocycles. The Morgan fingerprint density at radius 2 is 1.78 bits per heavy atom. The second-order valence-electron chi connectivity index (χ2n) is 8.16. The monoisotopic (exact) mass is 460 g/mol. The van der Waals surface area contributed by atoms with Gasteiger partial charge in [0.05, 0.1) is 23.8 Å². The number of nitrogens with one attached hydrogen (secondary N) is 1. The topological polar surface area (TPSA) is 34.1 Å². The maximum atomic E-state index is 13.6. The molecule has 1 N–H and O–H groups in total. The predicted octanol–water partition coefficient (Wildman–Crippen LogP) is 6.26. The molecule has 1 aliphatic rings. The molecule has 1 fully saturated rings. The van der Waals surface area contributed by atoms with Crippen molar-refractivity contribution in [2.75, 3.05) is 19.7 Å². The van der Waals surface area contributed by atoms with E-state index in [9.17, 15) is 13.2 Å². The van der Waals surface area contributed by atoms with Gasteiger partial charge in [-0.15, -0.1) is 0 Å². The molecule has 0 aliphatic carbocycles. The van der Waals surface area contributed by atoms with Crippen LogP contribution in [-0.4, -0.2) is 24.7 Å². The Bertz CT molecular complexity index is 1050. The van der Waals surface area contributed by atoms with Crippen LogP contribution in [0.5, 0.6) is 0 Å². The molecule has 4 rings (SSSR count). The van der Waals surface area contributed by atoms with Crippen LogP contribution in [0.4, 0.5) is 13.2 Å². The number of aromatic nitrogens is 1. The minimum Gasteiger partial charge on any atom is -0.376 e. The summed E-state index contributed by atoms with van der Waals surface area (Å²) in [5.41, 5.74) is 1.69. The van der Waals surface area contributed by atoms with Crippen molar-refractivity contribution in [2.45, 2.75) is 31.0 Å². The van der Waals surface area contributed by atoms with E-state index in [-0.39, 0.29) is 12.0 Å². The first-order valence-electron chi connectivity index (χ1n) is 10.5. The van der Waals surface area contributed by atoms with Crippen LogP contribution < -0.4 is 5.32 Å². The summed E-state index contributed by atoms with van der Waals surface area (Å²) in [6, 6.07) is 15.8. The number of benzene rings is 2. The van der Waals surface area contributed by atoms with Crippen LogP contribution in [0.1, 0.15) is 29.5 Å². The Balaban J connectivity index is 1.58. The summed E-state index contributed by atoms with van der Waals surface area (Å²) in [4.78, 5) is 3.92. The van der Waals surface area contributed by atoms with Gasteiger partial charge in [-0.3, -0.25) is 4.98 Å². The molecule has 0 radical (unpaired) electrons. The Hall–Kier alpha value is -2.41. The molecule has 0 unspecified atom stereocenters. The smallest absolute Gasteiger partial charge is 0.376 e. The van der Waals surface area contributed by atoms with Crippen LogP contribution in [0.15, 0.2) is 67.0 Å². The van der Waals surface area contributed by atoms with Crippen LogP contribution in [0.25, 0.3) is 11.1 Å². The zero-order valence-corrected chi connectivity index (χ0v) is 18.2. The molecule has 168 valence electrons. The van der Waals surface area contributed by atoms with Gasteiger partial charge in [-0.2, -0.15) is 13.2 Å². The second-order valence-corrected chi connectivity index (χ2v) is 8.57. The third-order valence-electron chi connectivity index (χ3n) is 6.00. The number of piperidine rings is 1. The third-order valence-corrected chi connectivity index (χ3v) is 6.30. The van der Waals surface area contributed by atoms with Gasteiger partial charge in [-0.05, 0) is 66.9 Å². The molecular weight excluding hydrogens is 437 g/mol. The molecule has 0 atom stereocenters. The molecule has 32 heavy (non-hydrogen) atoms. The average molecular weight is 461 g/mol. The largest absolute Gasteiger partial charge is 0.416 e. The highest BCUT2D eigenvalue weighted by Gasteiger charge is 2.34. The van der Waals surface area contributed by atoms with Crippen LogP contribution in [-0.2, 0) is 22.9 Å². The van der Waals surface area contributed by atoms with Crippen LogP contribution in [0.3, 0.4) is 0 Å². The van der Waals surface area contributed by atoms with E-state index >= 15 is 0 Å². The molecule has 0 bridgehead atoms. The summed E-state index contributed by atoms with van der Waals surface area (Å²) >= 11 is 6.19. The molecule has 2 aromatic carbocycles. The fourth-order valence-corrected chi connectivity index (χ4v) is 4.51. The molecule has 7 heteroatoms. The highest BCUT2D eigenvalue weighted by molar-refractivity contribution is 6.33. The van der Waals surface area contributed by atoms with Crippen LogP contribution in [0, 0.1) is 0 Å². The lowest BCUT2D eigenvalue weighted by Gasteiger charge is -2.38. The number of alkyl halides is 3. The van der Waals surface area contributed by atoms with E-state index in [1.807, 2.05) is 18.2 Å². The Labute approximate surface area is 190 Å². The third kappa shape index (κ3) is 5.14. The summed E-state index contributed by atoms with van der Waals surface area (Å²) in [7, 11) is 0. The number of ether oxygens (including phenoxy) is 1. The predicted molar refractivity (Wildman–Crippen MR) is 120 cm³/mol. The van der Waals surface area contributed by atoms with Crippen molar-refractivity contribution in [1.82, 2.24) is 10.3 Å². The van der Waals surface area contributed by atoms with E-state index in [1.165, 1.54) is 18.0 Å². The summed E-state index contributed by atoms with van der Waals surface area (Å²) < 4.78 is 46.8. The first kappa shape index (κ1) is 22.8. The van der Waals surface area contributed by atoms with E-state index in [1.54, 1.807) is 12.1 Å². The molecular formula is C25H24ClF3N2O. The zero-order valence-electron chi connectivity index (χ0n) is 17.5. The Kier molecular flexibility index (Phi) is 6.84. The SMILES string of the molecule is FC(F)(F)c1cc(COCC2(c3ccccc3)CCNCC2)cc(-c2ccncc2Cl)c1. The number of rotatable bonds is 6. The lowest BCUT2D eigenvalue weighted by Crippen LogP contribution is -2.43. The van der Waals surface area contributed by atoms with Gasteiger partial charge in [0.25, 0.3) is 0 Å². The maximum absolute atomic E-state index is 13.6. The van der Waals surface area contributed by atoms with Crippen molar-refractivity contribution in [2.24, 2.45) is 0 Å². The van der Waals surface area contributed by atoms with Crippen molar-refractivity contribution in [3.63, 3.8) is 0 Å². The van der Waals surface area contributed by atoms with Gasteiger partial charge >= 0.3 is 6.18 Å². The average Bonchev–Trinajstić information content (AvgIpc) is 2.80. The quantitative estimate of drug-likeness (QED) is 0.471. The lowest BCUT2D eigenvalue weighted by molar-refractivity contribution is -0.137. The summed E-state index contributed by atoms with van der Waals surface area (Å²) in [6.45, 7) is 2.29. The van der Waals surface area contributed by atoms with Crippen molar-refractivity contribution in [3.05, 3.63) is 88.7 Å². The van der Waals surface area contributed by atoms with Crippen molar-refractivity contribution >= 4 is 11.6 Å². The van der Waals surface area contributed by atoms with E-state index in [0.717, 1.165) is 38.1 Å². The van der Waals surface area contributed by atoms with Crippen molar-refractivity contribution < 1.29 is 17.9 Å². The van der Waals surface area contributed by atoms with E-state index < -0.39 is 11.7 Å². The molecule has 3 aromatic rings. The van der Waals surface area contributed by atoms with Gasteiger partial charge in [-0.25, -0.2) is 0 Å². The molecule has 0 amide bonds. The first-order chi connectivity index (χ1) is 15.4. The molecule has 3 nitrogen and oxygen atoms in total. The summed E-state index contributed by atoms with van der Waals surface area (Å²) in [6.07, 6.45) is 0.298. The first-order valence-corrected chi connectivity index (χ1v) is 10.9. The molecule has 2 heterocycles. The maximum Gasteiger partial charge on any atom is 0.416 e. The van der Waals surface area contributed by atoms with Crippen molar-refractivity contribution in [3.8, 4) is 11.1 Å². The second kappa shape index (κ2) is 9.61. The Morgan fingerprint density at radius 3 is 2.47 bits per heavy atom. The van der Waals surface area contributed by atoms with Crippen LogP contribution in [0.2, 0.25) is 5.02 Å². The van der Waals surface area contributed by atoms with Gasteiger partial charge in [0.15, 0.2) is 0 Å². The zero-order chi connectivity index (χ0) is 22.6. The molecule has 1 saturated heterocycles. The minimum atomic E-state index is -4.47. The number of nitrogens with zero attached hydrogens (tertiary/aromatic N) is 1. The fraction of sp³-hybridized carbons (Fsp3) is 0.320. The van der Waals surface area contributed by atoms with Gasteiger partial charge in [-0.1, -0.05) is 41.9 Å². The standard InChI is InChI=1S/C25H24ClF3N2O/c26-23-15-31-9-6-22(23)19-12-18(13-21(14-19)25(27,28)29)16-32-17-24(7-10-30-11-8-24)20-4-2-1-3-5-20/h1-6,9,12-15,30H,7-8,10-11,16-17H2. The number of hydrogen-bond acceptors (Lipinski definition) is 3. The molecule has 1 aliphatic heterocycles. The van der Waals surface area contributed by atoms with E-state index in [4.69, 9.17) is 16.3 Å². The van der Waals surface area contributed by atoms with E-state index in [2.05, 4.69) is 22.4 Å². The van der Waals surface area contributed by atoms with E-state index in [0.29, 0.717) is 28.3 Å². The fourth-order valence-electron chi connectivity index (χ4n) is 4.28. The molecule has 1 aromatic heterocycles. The van der Waals surface area contributed by atoms with Gasteiger partial charge < -0.3 is 10.1 Å². The molecule has 0 spiro atoms. The summed E-state index contributed by atoms with van der Waals surface area (Å²) in [5.74, 6) is 0. The van der Waals surface area contributed by atoms with Gasteiger partial charge in [0.1, 0.15) is 0 Å².